The molecule has 1 saturated heterocycles. The molecule has 26 heavy (non-hydrogen) atoms. The van der Waals surface area contributed by atoms with Crippen molar-refractivity contribution in [3.63, 3.8) is 0 Å². The summed E-state index contributed by atoms with van der Waals surface area (Å²) >= 11 is 0. The van der Waals surface area contributed by atoms with Gasteiger partial charge < -0.3 is 4.90 Å². The molecule has 2 aliphatic heterocycles. The molecule has 0 aliphatic carbocycles. The Kier molecular flexibility index (Phi) is 4.60. The van der Waals surface area contributed by atoms with E-state index in [4.69, 9.17) is 0 Å². The molecule has 3 rings (SSSR count). The Morgan fingerprint density at radius 1 is 1.31 bits per heavy atom. The van der Waals surface area contributed by atoms with Crippen LogP contribution in [0.5, 0.6) is 0 Å². The second-order valence-electron chi connectivity index (χ2n) is 6.70. The van der Waals surface area contributed by atoms with Crippen LogP contribution in [0.2, 0.25) is 0 Å². The molecule has 138 valence electrons. The number of halogens is 2. The normalized spacial score (nSPS) is 20.2. The molecule has 0 saturated carbocycles. The maximum Gasteiger partial charge on any atom is 0.302 e. The van der Waals surface area contributed by atoms with Crippen LogP contribution >= 0.6 is 0 Å². The van der Waals surface area contributed by atoms with Crippen LogP contribution in [0.3, 0.4) is 0 Å². The molecule has 2 aliphatic rings. The number of rotatable bonds is 5. The maximum atomic E-state index is 12.9. The summed E-state index contributed by atoms with van der Waals surface area (Å²) in [6, 6.07) is 4.23. The minimum atomic E-state index is -3.35. The van der Waals surface area contributed by atoms with E-state index in [1.165, 1.54) is 4.90 Å². The maximum absolute atomic E-state index is 12.9. The van der Waals surface area contributed by atoms with E-state index >= 15 is 0 Å². The molecule has 0 spiro atoms. The second kappa shape index (κ2) is 6.59. The van der Waals surface area contributed by atoms with Gasteiger partial charge >= 0.3 is 5.92 Å². The van der Waals surface area contributed by atoms with Crippen molar-refractivity contribution in [3.05, 3.63) is 34.9 Å². The van der Waals surface area contributed by atoms with E-state index in [1.807, 2.05) is 0 Å². The van der Waals surface area contributed by atoms with Crippen molar-refractivity contribution >= 4 is 23.5 Å². The van der Waals surface area contributed by atoms with E-state index in [-0.39, 0.29) is 44.0 Å². The molecule has 6 nitrogen and oxygen atoms in total. The van der Waals surface area contributed by atoms with Crippen molar-refractivity contribution in [2.45, 2.75) is 51.1 Å². The highest BCUT2D eigenvalue weighted by Crippen LogP contribution is 2.28. The number of carbonyl (C=O) groups is 4. The molecule has 1 unspecified atom stereocenters. The zero-order chi connectivity index (χ0) is 19.1. The van der Waals surface area contributed by atoms with Gasteiger partial charge in [-0.15, -0.1) is 0 Å². The first-order valence-electron chi connectivity index (χ1n) is 8.34. The molecular formula is C18H18F2N2O4. The molecule has 1 aromatic rings. The number of Topliss-reactive ketones (excluding diaryl/α,β-unsaturated/α-hetero) is 1. The summed E-state index contributed by atoms with van der Waals surface area (Å²) in [5.41, 5.74) is 1.82. The molecule has 0 aromatic heterocycles. The van der Waals surface area contributed by atoms with Gasteiger partial charge in [-0.2, -0.15) is 8.78 Å². The molecule has 0 bridgehead atoms. The van der Waals surface area contributed by atoms with Crippen LogP contribution in [0.1, 0.15) is 47.7 Å². The van der Waals surface area contributed by atoms with Crippen LogP contribution in [0.4, 0.5) is 8.78 Å². The first kappa shape index (κ1) is 18.2. The van der Waals surface area contributed by atoms with Gasteiger partial charge in [0, 0.05) is 31.9 Å². The monoisotopic (exact) mass is 364 g/mol. The van der Waals surface area contributed by atoms with E-state index in [0.29, 0.717) is 23.6 Å². The highest BCUT2D eigenvalue weighted by molar-refractivity contribution is 6.05. The number of benzene rings is 1. The number of nitrogens with zero attached hydrogens (tertiary/aromatic N) is 1. The number of alkyl halides is 2. The molecule has 1 fully saturated rings. The summed E-state index contributed by atoms with van der Waals surface area (Å²) < 4.78 is 25.9. The third-order valence-corrected chi connectivity index (χ3v) is 4.72. The van der Waals surface area contributed by atoms with Gasteiger partial charge in [0.25, 0.3) is 5.91 Å². The van der Waals surface area contributed by atoms with Gasteiger partial charge in [0.1, 0.15) is 6.04 Å². The van der Waals surface area contributed by atoms with Gasteiger partial charge in [-0.3, -0.25) is 24.5 Å². The predicted molar refractivity (Wildman–Crippen MR) is 86.4 cm³/mol. The SMILES string of the molecule is CC(F)(F)C(=O)CCc1ccc2c(c1)CN(C1CCC(=O)NC1=O)C2=O. The van der Waals surface area contributed by atoms with Crippen LogP contribution in [0, 0.1) is 0 Å². The van der Waals surface area contributed by atoms with Crippen LogP contribution in [0.25, 0.3) is 0 Å². The van der Waals surface area contributed by atoms with Gasteiger partial charge in [-0.05, 0) is 30.0 Å². The van der Waals surface area contributed by atoms with Gasteiger partial charge in [0.2, 0.25) is 17.6 Å². The molecular weight excluding hydrogens is 346 g/mol. The minimum Gasteiger partial charge on any atom is -0.322 e. The van der Waals surface area contributed by atoms with Crippen molar-refractivity contribution in [2.24, 2.45) is 0 Å². The fourth-order valence-corrected chi connectivity index (χ4v) is 3.26. The summed E-state index contributed by atoms with van der Waals surface area (Å²) in [7, 11) is 0. The Hall–Kier alpha value is -2.64. The number of imide groups is 1. The summed E-state index contributed by atoms with van der Waals surface area (Å²) in [4.78, 5) is 48.6. The molecule has 8 heteroatoms. The Morgan fingerprint density at radius 3 is 2.69 bits per heavy atom. The van der Waals surface area contributed by atoms with Crippen LogP contribution in [-0.2, 0) is 27.3 Å². The third-order valence-electron chi connectivity index (χ3n) is 4.72. The first-order valence-corrected chi connectivity index (χ1v) is 8.34. The topological polar surface area (TPSA) is 83.6 Å². The first-order chi connectivity index (χ1) is 12.2. The lowest BCUT2D eigenvalue weighted by atomic mass is 10.0. The van der Waals surface area contributed by atoms with Gasteiger partial charge in [0.15, 0.2) is 0 Å². The fraction of sp³-hybridized carbons (Fsp3) is 0.444. The summed E-state index contributed by atoms with van der Waals surface area (Å²) in [5, 5.41) is 2.23. The van der Waals surface area contributed by atoms with E-state index < -0.39 is 23.7 Å². The number of ketones is 1. The average molecular weight is 364 g/mol. The Bertz CT molecular complexity index is 801. The molecule has 1 aromatic carbocycles. The lowest BCUT2D eigenvalue weighted by molar-refractivity contribution is -0.140. The second-order valence-corrected chi connectivity index (χ2v) is 6.70. The summed E-state index contributed by atoms with van der Waals surface area (Å²) in [6.45, 7) is 0.792. The summed E-state index contributed by atoms with van der Waals surface area (Å²) in [5.74, 6) is -5.61. The van der Waals surface area contributed by atoms with Crippen molar-refractivity contribution < 1.29 is 28.0 Å². The van der Waals surface area contributed by atoms with Crippen LogP contribution in [0.15, 0.2) is 18.2 Å². The number of amides is 3. The van der Waals surface area contributed by atoms with Crippen molar-refractivity contribution in [1.82, 2.24) is 10.2 Å². The number of fused-ring (bicyclic) bond motifs is 1. The number of nitrogens with one attached hydrogen (secondary N) is 1. The third kappa shape index (κ3) is 3.49. The van der Waals surface area contributed by atoms with E-state index in [2.05, 4.69) is 5.32 Å². The quantitative estimate of drug-likeness (QED) is 0.805. The highest BCUT2D eigenvalue weighted by Gasteiger charge is 2.39. The highest BCUT2D eigenvalue weighted by atomic mass is 19.3. The summed E-state index contributed by atoms with van der Waals surface area (Å²) in [6.07, 6.45) is 0.321. The number of carbonyl (C=O) groups excluding carboxylic acids is 4. The average Bonchev–Trinajstić information content (AvgIpc) is 2.88. The van der Waals surface area contributed by atoms with Crippen molar-refractivity contribution in [2.75, 3.05) is 0 Å². The van der Waals surface area contributed by atoms with E-state index in [1.54, 1.807) is 18.2 Å². The standard InChI is InChI=1S/C18H18F2N2O4/c1-18(19,20)14(23)6-3-10-2-4-12-11(8-10)9-22(17(12)26)13-5-7-15(24)21-16(13)25/h2,4,8,13H,3,5-7,9H2,1H3,(H,21,24,25). The predicted octanol–water partition coefficient (Wildman–Crippen LogP) is 1.60. The Labute approximate surface area is 148 Å². The lowest BCUT2D eigenvalue weighted by Crippen LogP contribution is -2.52. The van der Waals surface area contributed by atoms with Gasteiger partial charge in [0.05, 0.1) is 0 Å². The Morgan fingerprint density at radius 2 is 2.04 bits per heavy atom. The Balaban J connectivity index is 1.71. The molecule has 2 heterocycles. The number of hydrogen-bond acceptors (Lipinski definition) is 4. The van der Waals surface area contributed by atoms with E-state index in [0.717, 1.165) is 0 Å². The van der Waals surface area contributed by atoms with Crippen LogP contribution in [-0.4, -0.2) is 40.4 Å². The molecule has 1 atom stereocenters. The largest absolute Gasteiger partial charge is 0.322 e. The van der Waals surface area contributed by atoms with Gasteiger partial charge in [-0.25, -0.2) is 0 Å². The molecule has 3 amide bonds. The zero-order valence-electron chi connectivity index (χ0n) is 14.2. The minimum absolute atomic E-state index is 0.155. The fourth-order valence-electron chi connectivity index (χ4n) is 3.26. The van der Waals surface area contributed by atoms with Gasteiger partial charge in [-0.1, -0.05) is 12.1 Å². The smallest absolute Gasteiger partial charge is 0.302 e. The lowest BCUT2D eigenvalue weighted by Gasteiger charge is -2.29. The zero-order valence-corrected chi connectivity index (χ0v) is 14.2. The number of aryl methyl sites for hydroxylation is 1. The van der Waals surface area contributed by atoms with Crippen LogP contribution < -0.4 is 5.32 Å². The number of hydrogen-bond donors (Lipinski definition) is 1. The van der Waals surface area contributed by atoms with Crippen molar-refractivity contribution in [3.8, 4) is 0 Å². The van der Waals surface area contributed by atoms with Crippen molar-refractivity contribution in [1.29, 1.82) is 0 Å². The number of piperidine rings is 1. The van der Waals surface area contributed by atoms with E-state index in [9.17, 15) is 28.0 Å². The molecule has 0 radical (unpaired) electrons. The molecule has 1 N–H and O–H groups in total.